The summed E-state index contributed by atoms with van der Waals surface area (Å²) in [5.41, 5.74) is 2.90. The molecule has 7 heteroatoms. The third kappa shape index (κ3) is 3.59. The number of hydrogen-bond acceptors (Lipinski definition) is 5. The standard InChI is InChI=1S/C25H30N4O3/c1-32-14-13-28-24(31)29(22-15-20-6-2-3-7-21(20)16-22)23(30)25(28)8-11-27(12-9-25)18-19-5-4-10-26-17-19/h2-7,10,17,22H,8-9,11-16,18H2,1H3. The molecule has 7 nitrogen and oxygen atoms in total. The normalized spacial score (nSPS) is 21.0. The van der Waals surface area contributed by atoms with E-state index in [4.69, 9.17) is 4.74 Å². The molecule has 0 unspecified atom stereocenters. The Morgan fingerprint density at radius 2 is 1.78 bits per heavy atom. The molecule has 0 saturated carbocycles. The Morgan fingerprint density at radius 1 is 1.06 bits per heavy atom. The van der Waals surface area contributed by atoms with Crippen LogP contribution in [-0.2, 0) is 28.9 Å². The Kier molecular flexibility index (Phi) is 5.69. The average Bonchev–Trinajstić information content (AvgIpc) is 3.32. The number of urea groups is 1. The highest BCUT2D eigenvalue weighted by atomic mass is 16.5. The number of methoxy groups -OCH3 is 1. The summed E-state index contributed by atoms with van der Waals surface area (Å²) >= 11 is 0. The molecule has 3 aliphatic rings. The summed E-state index contributed by atoms with van der Waals surface area (Å²) in [5, 5.41) is 0. The minimum atomic E-state index is -0.754. The molecule has 3 amide bonds. The van der Waals surface area contributed by atoms with Crippen LogP contribution in [0.1, 0.15) is 29.5 Å². The van der Waals surface area contributed by atoms with Crippen LogP contribution in [0.15, 0.2) is 48.8 Å². The first-order chi connectivity index (χ1) is 15.6. The minimum absolute atomic E-state index is 0.0163. The number of benzene rings is 1. The van der Waals surface area contributed by atoms with Gasteiger partial charge in [-0.2, -0.15) is 0 Å². The number of fused-ring (bicyclic) bond motifs is 1. The fraction of sp³-hybridized carbons (Fsp3) is 0.480. The highest BCUT2D eigenvalue weighted by Gasteiger charge is 2.59. The quantitative estimate of drug-likeness (QED) is 0.654. The fourth-order valence-corrected chi connectivity index (χ4v) is 5.59. The molecular weight excluding hydrogens is 404 g/mol. The van der Waals surface area contributed by atoms with Gasteiger partial charge >= 0.3 is 6.03 Å². The van der Waals surface area contributed by atoms with Gasteiger partial charge in [-0.25, -0.2) is 4.79 Å². The number of pyridine rings is 1. The number of carbonyl (C=O) groups excluding carboxylic acids is 2. The highest BCUT2D eigenvalue weighted by Crippen LogP contribution is 2.40. The highest BCUT2D eigenvalue weighted by molar-refractivity contribution is 6.07. The van der Waals surface area contributed by atoms with Gasteiger partial charge in [-0.15, -0.1) is 0 Å². The largest absolute Gasteiger partial charge is 0.383 e. The average molecular weight is 435 g/mol. The van der Waals surface area contributed by atoms with Crippen LogP contribution in [0, 0.1) is 0 Å². The van der Waals surface area contributed by atoms with Crippen molar-refractivity contribution in [3.8, 4) is 0 Å². The smallest absolute Gasteiger partial charge is 0.328 e. The summed E-state index contributed by atoms with van der Waals surface area (Å²) in [5.74, 6) is -0.0163. The number of likely N-dealkylation sites (tertiary alicyclic amines) is 1. The predicted molar refractivity (Wildman–Crippen MR) is 120 cm³/mol. The van der Waals surface area contributed by atoms with Crippen molar-refractivity contribution in [1.82, 2.24) is 19.7 Å². The van der Waals surface area contributed by atoms with Crippen LogP contribution in [-0.4, -0.2) is 76.6 Å². The zero-order valence-electron chi connectivity index (χ0n) is 18.6. The van der Waals surface area contributed by atoms with Crippen molar-refractivity contribution in [1.29, 1.82) is 0 Å². The first kappa shape index (κ1) is 21.1. The van der Waals surface area contributed by atoms with Gasteiger partial charge in [-0.3, -0.25) is 19.6 Å². The molecule has 32 heavy (non-hydrogen) atoms. The number of aromatic nitrogens is 1. The number of ether oxygens (including phenoxy) is 1. The van der Waals surface area contributed by atoms with Crippen LogP contribution >= 0.6 is 0 Å². The number of rotatable bonds is 6. The van der Waals surface area contributed by atoms with Crippen molar-refractivity contribution < 1.29 is 14.3 Å². The van der Waals surface area contributed by atoms with E-state index >= 15 is 0 Å². The molecule has 2 aliphatic heterocycles. The molecule has 5 rings (SSSR count). The lowest BCUT2D eigenvalue weighted by Crippen LogP contribution is -2.57. The minimum Gasteiger partial charge on any atom is -0.383 e. The van der Waals surface area contributed by atoms with Gasteiger partial charge in [-0.05, 0) is 48.4 Å². The topological polar surface area (TPSA) is 66.0 Å². The van der Waals surface area contributed by atoms with Gasteiger partial charge in [0, 0.05) is 51.7 Å². The lowest BCUT2D eigenvalue weighted by molar-refractivity contribution is -0.137. The van der Waals surface area contributed by atoms with Crippen LogP contribution < -0.4 is 0 Å². The molecule has 1 aromatic carbocycles. The maximum atomic E-state index is 13.9. The monoisotopic (exact) mass is 434 g/mol. The van der Waals surface area contributed by atoms with Gasteiger partial charge in [0.1, 0.15) is 5.54 Å². The lowest BCUT2D eigenvalue weighted by atomic mass is 9.85. The van der Waals surface area contributed by atoms with E-state index < -0.39 is 5.54 Å². The summed E-state index contributed by atoms with van der Waals surface area (Å²) in [4.78, 5) is 37.4. The second-order valence-corrected chi connectivity index (χ2v) is 9.10. The van der Waals surface area contributed by atoms with Gasteiger partial charge in [0.25, 0.3) is 5.91 Å². The fourth-order valence-electron chi connectivity index (χ4n) is 5.59. The van der Waals surface area contributed by atoms with Gasteiger partial charge in [-0.1, -0.05) is 30.3 Å². The van der Waals surface area contributed by atoms with E-state index in [1.807, 2.05) is 29.3 Å². The van der Waals surface area contributed by atoms with Gasteiger partial charge in [0.15, 0.2) is 0 Å². The summed E-state index contributed by atoms with van der Waals surface area (Å²) in [7, 11) is 1.64. The zero-order chi connectivity index (χ0) is 22.1. The van der Waals surface area contributed by atoms with Crippen LogP contribution in [0.2, 0.25) is 0 Å². The van der Waals surface area contributed by atoms with E-state index in [2.05, 4.69) is 28.1 Å². The van der Waals surface area contributed by atoms with Gasteiger partial charge in [0.05, 0.1) is 6.61 Å². The van der Waals surface area contributed by atoms with Crippen LogP contribution in [0.4, 0.5) is 4.79 Å². The molecule has 0 atom stereocenters. The Balaban J connectivity index is 1.35. The van der Waals surface area contributed by atoms with E-state index in [0.717, 1.165) is 32.5 Å². The van der Waals surface area contributed by atoms with E-state index in [1.165, 1.54) is 16.7 Å². The Hall–Kier alpha value is -2.77. The zero-order valence-corrected chi connectivity index (χ0v) is 18.6. The van der Waals surface area contributed by atoms with Gasteiger partial charge in [0.2, 0.25) is 0 Å². The number of carbonyl (C=O) groups is 2. The molecular formula is C25H30N4O3. The molecule has 1 spiro atoms. The molecule has 0 radical (unpaired) electrons. The number of nitrogens with zero attached hydrogens (tertiary/aromatic N) is 4. The first-order valence-corrected chi connectivity index (χ1v) is 11.4. The second-order valence-electron chi connectivity index (χ2n) is 9.10. The molecule has 168 valence electrons. The third-order valence-corrected chi connectivity index (χ3v) is 7.30. The molecule has 0 N–H and O–H groups in total. The predicted octanol–water partition coefficient (Wildman–Crippen LogP) is 2.49. The van der Waals surface area contributed by atoms with Crippen LogP contribution in [0.25, 0.3) is 0 Å². The molecule has 0 bridgehead atoms. The number of imide groups is 1. The Bertz CT molecular complexity index is 963. The number of hydrogen-bond donors (Lipinski definition) is 0. The summed E-state index contributed by atoms with van der Waals surface area (Å²) in [6, 6.07) is 12.1. The molecule has 3 heterocycles. The van der Waals surface area contributed by atoms with E-state index in [0.29, 0.717) is 26.0 Å². The molecule has 2 saturated heterocycles. The van der Waals surface area contributed by atoms with E-state index in [9.17, 15) is 9.59 Å². The second kappa shape index (κ2) is 8.64. The lowest BCUT2D eigenvalue weighted by Gasteiger charge is -2.42. The maximum Gasteiger partial charge on any atom is 0.328 e. The van der Waals surface area contributed by atoms with Gasteiger partial charge < -0.3 is 9.64 Å². The van der Waals surface area contributed by atoms with E-state index in [-0.39, 0.29) is 18.0 Å². The Morgan fingerprint density at radius 3 is 2.41 bits per heavy atom. The van der Waals surface area contributed by atoms with Crippen molar-refractivity contribution in [3.63, 3.8) is 0 Å². The van der Waals surface area contributed by atoms with Crippen molar-refractivity contribution >= 4 is 11.9 Å². The SMILES string of the molecule is COCCN1C(=O)N(C2Cc3ccccc3C2)C(=O)C12CCN(Cc1cccnc1)CC2. The van der Waals surface area contributed by atoms with Crippen molar-refractivity contribution in [2.75, 3.05) is 33.4 Å². The first-order valence-electron chi connectivity index (χ1n) is 11.4. The summed E-state index contributed by atoms with van der Waals surface area (Å²) < 4.78 is 5.29. The molecule has 1 aromatic heterocycles. The molecule has 1 aliphatic carbocycles. The third-order valence-electron chi connectivity index (χ3n) is 7.30. The van der Waals surface area contributed by atoms with E-state index in [1.54, 1.807) is 18.2 Å². The Labute approximate surface area is 189 Å². The van der Waals surface area contributed by atoms with Crippen molar-refractivity contribution in [2.24, 2.45) is 0 Å². The van der Waals surface area contributed by atoms with Crippen LogP contribution in [0.3, 0.4) is 0 Å². The summed E-state index contributed by atoms with van der Waals surface area (Å²) in [6.45, 7) is 3.23. The number of amides is 3. The molecule has 2 aromatic rings. The van der Waals surface area contributed by atoms with Crippen molar-refractivity contribution in [2.45, 2.75) is 43.8 Å². The van der Waals surface area contributed by atoms with Crippen molar-refractivity contribution in [3.05, 3.63) is 65.5 Å². The summed E-state index contributed by atoms with van der Waals surface area (Å²) in [6.07, 6.45) is 6.46. The maximum absolute atomic E-state index is 13.9. The molecule has 2 fully saturated rings. The number of piperidine rings is 1. The van der Waals surface area contributed by atoms with Crippen LogP contribution in [0.5, 0.6) is 0 Å².